The summed E-state index contributed by atoms with van der Waals surface area (Å²) in [4.78, 5) is 15.1. The minimum Gasteiger partial charge on any atom is -0.397 e. The highest BCUT2D eigenvalue weighted by Crippen LogP contribution is 2.38. The molecule has 0 saturated heterocycles. The van der Waals surface area contributed by atoms with Gasteiger partial charge in [0.1, 0.15) is 4.88 Å². The van der Waals surface area contributed by atoms with Crippen molar-refractivity contribution in [3.05, 3.63) is 27.5 Å². The summed E-state index contributed by atoms with van der Waals surface area (Å²) < 4.78 is 1.93. The summed E-state index contributed by atoms with van der Waals surface area (Å²) in [5, 5.41) is 3.89. The maximum absolute atomic E-state index is 12.4. The number of rotatable bonds is 4. The number of hydrogen-bond donors (Lipinski definition) is 2. The van der Waals surface area contributed by atoms with E-state index in [0.29, 0.717) is 17.1 Å². The van der Waals surface area contributed by atoms with Crippen LogP contribution in [-0.4, -0.2) is 37.0 Å². The van der Waals surface area contributed by atoms with Gasteiger partial charge in [0.15, 0.2) is 0 Å². The van der Waals surface area contributed by atoms with Gasteiger partial charge in [-0.2, -0.15) is 0 Å². The van der Waals surface area contributed by atoms with Crippen molar-refractivity contribution in [2.24, 2.45) is 0 Å². The topological polar surface area (TPSA) is 58.4 Å². The first-order chi connectivity index (χ1) is 9.74. The molecule has 4 nitrogen and oxygen atoms in total. The van der Waals surface area contributed by atoms with Crippen molar-refractivity contribution in [1.29, 1.82) is 0 Å². The van der Waals surface area contributed by atoms with Crippen LogP contribution in [0.2, 0.25) is 0 Å². The van der Waals surface area contributed by atoms with Gasteiger partial charge < -0.3 is 16.0 Å². The van der Waals surface area contributed by atoms with E-state index in [1.165, 1.54) is 11.3 Å². The standard InChI is InChI=1S/C15H20BrN3OS/c1-15(2,19(3)4)8-18-14(20)13-12(17)11-9(16)6-5-7-10(11)21-13/h5-7H,8,17H2,1-4H3,(H,18,20). The van der Waals surface area contributed by atoms with Gasteiger partial charge in [-0.3, -0.25) is 4.79 Å². The lowest BCUT2D eigenvalue weighted by Gasteiger charge is -2.32. The number of benzene rings is 1. The van der Waals surface area contributed by atoms with Crippen molar-refractivity contribution < 1.29 is 4.79 Å². The van der Waals surface area contributed by atoms with Gasteiger partial charge in [0.05, 0.1) is 5.69 Å². The number of nitrogen functional groups attached to an aromatic ring is 1. The summed E-state index contributed by atoms with van der Waals surface area (Å²) in [5.41, 5.74) is 6.58. The van der Waals surface area contributed by atoms with E-state index in [9.17, 15) is 4.79 Å². The van der Waals surface area contributed by atoms with Gasteiger partial charge in [-0.15, -0.1) is 11.3 Å². The van der Waals surface area contributed by atoms with Crippen LogP contribution in [0.3, 0.4) is 0 Å². The number of carbonyl (C=O) groups excluding carboxylic acids is 1. The fourth-order valence-corrected chi connectivity index (χ4v) is 3.61. The molecular weight excluding hydrogens is 350 g/mol. The Morgan fingerprint density at radius 2 is 2.10 bits per heavy atom. The maximum atomic E-state index is 12.4. The Labute approximate surface area is 137 Å². The number of amides is 1. The summed E-state index contributed by atoms with van der Waals surface area (Å²) in [7, 11) is 3.99. The zero-order chi connectivity index (χ0) is 15.8. The molecule has 0 aliphatic heterocycles. The summed E-state index contributed by atoms with van der Waals surface area (Å²) in [6.07, 6.45) is 0. The maximum Gasteiger partial charge on any atom is 0.263 e. The van der Waals surface area contributed by atoms with E-state index >= 15 is 0 Å². The molecule has 0 unspecified atom stereocenters. The van der Waals surface area contributed by atoms with Crippen molar-refractivity contribution in [3.63, 3.8) is 0 Å². The Balaban J connectivity index is 2.25. The zero-order valence-corrected chi connectivity index (χ0v) is 15.1. The monoisotopic (exact) mass is 369 g/mol. The highest BCUT2D eigenvalue weighted by Gasteiger charge is 2.23. The van der Waals surface area contributed by atoms with Gasteiger partial charge >= 0.3 is 0 Å². The van der Waals surface area contributed by atoms with Crippen LogP contribution in [0.15, 0.2) is 22.7 Å². The molecule has 1 aromatic carbocycles. The molecule has 0 aliphatic rings. The Bertz CT molecular complexity index is 679. The van der Waals surface area contributed by atoms with Gasteiger partial charge in [0, 0.05) is 26.6 Å². The summed E-state index contributed by atoms with van der Waals surface area (Å²) in [6, 6.07) is 5.85. The van der Waals surface area contributed by atoms with Crippen LogP contribution in [0.4, 0.5) is 5.69 Å². The van der Waals surface area contributed by atoms with Gasteiger partial charge in [0.2, 0.25) is 0 Å². The van der Waals surface area contributed by atoms with E-state index in [2.05, 4.69) is 40.0 Å². The number of halogens is 1. The van der Waals surface area contributed by atoms with Gasteiger partial charge in [-0.05, 0) is 40.1 Å². The molecule has 114 valence electrons. The number of fused-ring (bicyclic) bond motifs is 1. The van der Waals surface area contributed by atoms with Crippen molar-refractivity contribution in [2.45, 2.75) is 19.4 Å². The van der Waals surface area contributed by atoms with E-state index in [4.69, 9.17) is 5.73 Å². The Morgan fingerprint density at radius 3 is 2.67 bits per heavy atom. The average Bonchev–Trinajstić information content (AvgIpc) is 2.75. The van der Waals surface area contributed by atoms with E-state index in [0.717, 1.165) is 14.6 Å². The van der Waals surface area contributed by atoms with Crippen molar-refractivity contribution in [2.75, 3.05) is 26.4 Å². The smallest absolute Gasteiger partial charge is 0.263 e. The molecule has 0 spiro atoms. The van der Waals surface area contributed by atoms with Crippen LogP contribution < -0.4 is 11.1 Å². The lowest BCUT2D eigenvalue weighted by atomic mass is 10.0. The van der Waals surface area contributed by atoms with E-state index in [1.807, 2.05) is 32.3 Å². The molecule has 3 N–H and O–H groups in total. The van der Waals surface area contributed by atoms with Crippen molar-refractivity contribution in [1.82, 2.24) is 10.2 Å². The predicted octanol–water partition coefficient (Wildman–Crippen LogP) is 3.32. The fourth-order valence-electron chi connectivity index (χ4n) is 1.83. The highest BCUT2D eigenvalue weighted by molar-refractivity contribution is 9.10. The Morgan fingerprint density at radius 1 is 1.43 bits per heavy atom. The highest BCUT2D eigenvalue weighted by atomic mass is 79.9. The first-order valence-electron chi connectivity index (χ1n) is 6.66. The fraction of sp³-hybridized carbons (Fsp3) is 0.400. The normalized spacial score (nSPS) is 12.1. The Kier molecular flexibility index (Phi) is 4.60. The van der Waals surface area contributed by atoms with Gasteiger partial charge in [-0.1, -0.05) is 22.0 Å². The van der Waals surface area contributed by atoms with Crippen molar-refractivity contribution in [3.8, 4) is 0 Å². The lowest BCUT2D eigenvalue weighted by Crippen LogP contribution is -2.48. The second-order valence-corrected chi connectivity index (χ2v) is 7.75. The second-order valence-electron chi connectivity index (χ2n) is 5.85. The summed E-state index contributed by atoms with van der Waals surface area (Å²) in [5.74, 6) is -0.115. The number of thiophene rings is 1. The number of anilines is 1. The predicted molar refractivity (Wildman–Crippen MR) is 94.0 cm³/mol. The molecular formula is C15H20BrN3OS. The molecule has 1 amide bonds. The average molecular weight is 370 g/mol. The van der Waals surface area contributed by atoms with Crippen LogP contribution in [0, 0.1) is 0 Å². The summed E-state index contributed by atoms with van der Waals surface area (Å²) in [6.45, 7) is 4.73. The third kappa shape index (κ3) is 3.22. The number of carbonyl (C=O) groups is 1. The number of nitrogens with two attached hydrogens (primary N) is 1. The molecule has 2 rings (SSSR count). The first kappa shape index (κ1) is 16.3. The number of nitrogens with one attached hydrogen (secondary N) is 1. The van der Waals surface area contributed by atoms with E-state index < -0.39 is 0 Å². The molecule has 21 heavy (non-hydrogen) atoms. The van der Waals surface area contributed by atoms with E-state index in [1.54, 1.807) is 0 Å². The lowest BCUT2D eigenvalue weighted by molar-refractivity contribution is 0.0924. The molecule has 0 radical (unpaired) electrons. The minimum absolute atomic E-state index is 0.109. The molecule has 0 fully saturated rings. The van der Waals surface area contributed by atoms with Crippen LogP contribution in [0.25, 0.3) is 10.1 Å². The molecule has 1 heterocycles. The molecule has 1 aromatic heterocycles. The van der Waals surface area contributed by atoms with Crippen LogP contribution >= 0.6 is 27.3 Å². The molecule has 0 aliphatic carbocycles. The molecule has 6 heteroatoms. The number of likely N-dealkylation sites (N-methyl/N-ethyl adjacent to an activating group) is 1. The number of hydrogen-bond acceptors (Lipinski definition) is 4. The van der Waals surface area contributed by atoms with Crippen LogP contribution in [-0.2, 0) is 0 Å². The minimum atomic E-state index is -0.115. The molecule has 2 aromatic rings. The van der Waals surface area contributed by atoms with Crippen LogP contribution in [0.1, 0.15) is 23.5 Å². The molecule has 0 saturated carbocycles. The Hall–Kier alpha value is -1.11. The van der Waals surface area contributed by atoms with Crippen LogP contribution in [0.5, 0.6) is 0 Å². The quantitative estimate of drug-likeness (QED) is 0.868. The number of nitrogens with zero attached hydrogens (tertiary/aromatic N) is 1. The summed E-state index contributed by atoms with van der Waals surface area (Å²) >= 11 is 4.91. The van der Waals surface area contributed by atoms with Gasteiger partial charge in [-0.25, -0.2) is 0 Å². The molecule has 0 bridgehead atoms. The second kappa shape index (κ2) is 5.94. The third-order valence-electron chi connectivity index (χ3n) is 3.80. The van der Waals surface area contributed by atoms with E-state index in [-0.39, 0.29) is 11.4 Å². The zero-order valence-electron chi connectivity index (χ0n) is 12.7. The SMILES string of the molecule is CN(C)C(C)(C)CNC(=O)c1sc2cccc(Br)c2c1N. The largest absolute Gasteiger partial charge is 0.397 e. The first-order valence-corrected chi connectivity index (χ1v) is 8.27. The van der Waals surface area contributed by atoms with Gasteiger partial charge in [0.25, 0.3) is 5.91 Å². The van der Waals surface area contributed by atoms with Crippen molar-refractivity contribution >= 4 is 48.9 Å². The molecule has 0 atom stereocenters. The third-order valence-corrected chi connectivity index (χ3v) is 5.63.